The summed E-state index contributed by atoms with van der Waals surface area (Å²) in [5, 5.41) is 0. The van der Waals surface area contributed by atoms with Crippen LogP contribution in [0.5, 0.6) is 0 Å². The first-order valence-corrected chi connectivity index (χ1v) is 17.5. The Labute approximate surface area is 288 Å². The minimum atomic E-state index is 0.771. The summed E-state index contributed by atoms with van der Waals surface area (Å²) >= 11 is 0. The van der Waals surface area contributed by atoms with Crippen molar-refractivity contribution in [2.45, 2.75) is 58.8 Å². The zero-order valence-corrected chi connectivity index (χ0v) is 28.5. The van der Waals surface area contributed by atoms with Gasteiger partial charge in [0.1, 0.15) is 0 Å². The lowest BCUT2D eigenvalue weighted by molar-refractivity contribution is 0.962. The predicted octanol–water partition coefficient (Wildman–Crippen LogP) is 12.8. The molecule has 0 heterocycles. The average molecular weight is 626 g/mol. The molecule has 3 aromatic rings. The van der Waals surface area contributed by atoms with Gasteiger partial charge in [0.25, 0.3) is 0 Å². The van der Waals surface area contributed by atoms with Crippen LogP contribution in [0.25, 0.3) is 33.5 Å². The van der Waals surface area contributed by atoms with Gasteiger partial charge >= 0.3 is 0 Å². The van der Waals surface area contributed by atoms with Crippen LogP contribution in [0.15, 0.2) is 169 Å². The maximum atomic E-state index is 6.65. The van der Waals surface area contributed by atoms with Crippen molar-refractivity contribution < 1.29 is 0 Å². The first-order valence-electron chi connectivity index (χ1n) is 17.5. The van der Waals surface area contributed by atoms with Crippen LogP contribution in [-0.2, 0) is 0 Å². The lowest BCUT2D eigenvalue weighted by Gasteiger charge is -2.19. The van der Waals surface area contributed by atoms with Gasteiger partial charge in [0.2, 0.25) is 0 Å². The van der Waals surface area contributed by atoms with E-state index in [9.17, 15) is 0 Å². The highest BCUT2D eigenvalue weighted by Crippen LogP contribution is 2.36. The fourth-order valence-electron chi connectivity index (χ4n) is 6.70. The molecule has 1 nitrogen and oxygen atoms in total. The summed E-state index contributed by atoms with van der Waals surface area (Å²) in [6.45, 7) is 4.21. The van der Waals surface area contributed by atoms with Crippen molar-refractivity contribution >= 4 is 22.4 Å². The van der Waals surface area contributed by atoms with Crippen LogP contribution in [0.2, 0.25) is 0 Å². The molecule has 0 aromatic heterocycles. The van der Waals surface area contributed by atoms with E-state index >= 15 is 0 Å². The number of nitrogens with two attached hydrogens (primary N) is 1. The lowest BCUT2D eigenvalue weighted by atomic mass is 9.86. The van der Waals surface area contributed by atoms with Gasteiger partial charge in [-0.05, 0) is 150 Å². The number of allylic oxidation sites excluding steroid dienone is 19. The average Bonchev–Trinajstić information content (AvgIpc) is 3.16. The Morgan fingerprint density at radius 1 is 0.667 bits per heavy atom. The first kappa shape index (κ1) is 32.8. The summed E-state index contributed by atoms with van der Waals surface area (Å²) < 4.78 is 0. The largest absolute Gasteiger partial charge is 0.398 e. The van der Waals surface area contributed by atoms with Crippen LogP contribution < -0.4 is 5.73 Å². The van der Waals surface area contributed by atoms with Gasteiger partial charge in [-0.2, -0.15) is 0 Å². The van der Waals surface area contributed by atoms with Crippen LogP contribution in [-0.4, -0.2) is 0 Å². The van der Waals surface area contributed by atoms with Crippen molar-refractivity contribution in [1.82, 2.24) is 0 Å². The van der Waals surface area contributed by atoms with E-state index in [1.54, 1.807) is 0 Å². The molecule has 0 aliphatic heterocycles. The third kappa shape index (κ3) is 8.22. The lowest BCUT2D eigenvalue weighted by Crippen LogP contribution is -1.98. The van der Waals surface area contributed by atoms with Crippen molar-refractivity contribution in [2.24, 2.45) is 5.73 Å². The van der Waals surface area contributed by atoms with Crippen LogP contribution in [0.4, 0.5) is 0 Å². The van der Waals surface area contributed by atoms with E-state index < -0.39 is 0 Å². The molecule has 3 aliphatic rings. The molecule has 2 N–H and O–H groups in total. The van der Waals surface area contributed by atoms with E-state index in [4.69, 9.17) is 5.73 Å². The van der Waals surface area contributed by atoms with E-state index in [1.807, 2.05) is 18.2 Å². The molecule has 1 heteroatoms. The van der Waals surface area contributed by atoms with Gasteiger partial charge in [0.05, 0.1) is 0 Å². The van der Waals surface area contributed by atoms with Crippen molar-refractivity contribution in [3.8, 4) is 11.1 Å². The highest BCUT2D eigenvalue weighted by atomic mass is 14.6. The molecule has 0 saturated heterocycles. The second-order valence-corrected chi connectivity index (χ2v) is 12.7. The molecule has 0 spiro atoms. The second kappa shape index (κ2) is 16.1. The van der Waals surface area contributed by atoms with Crippen molar-refractivity contribution in [3.05, 3.63) is 191 Å². The summed E-state index contributed by atoms with van der Waals surface area (Å²) in [7, 11) is 0. The topological polar surface area (TPSA) is 26.0 Å². The Morgan fingerprint density at radius 3 is 2.06 bits per heavy atom. The highest BCUT2D eigenvalue weighted by molar-refractivity contribution is 5.86. The fraction of sp³-hybridized carbons (Fsp3) is 0.191. The van der Waals surface area contributed by atoms with Gasteiger partial charge in [-0.1, -0.05) is 128 Å². The number of hydrogen-bond donors (Lipinski definition) is 1. The quantitative estimate of drug-likeness (QED) is 0.223. The van der Waals surface area contributed by atoms with Crippen LogP contribution >= 0.6 is 0 Å². The monoisotopic (exact) mass is 625 g/mol. The summed E-state index contributed by atoms with van der Waals surface area (Å²) in [5.41, 5.74) is 22.6. The summed E-state index contributed by atoms with van der Waals surface area (Å²) in [5.74, 6) is 0. The van der Waals surface area contributed by atoms with Gasteiger partial charge in [-0.15, -0.1) is 0 Å². The van der Waals surface area contributed by atoms with E-state index in [-0.39, 0.29) is 0 Å². The molecule has 0 amide bonds. The maximum Gasteiger partial charge on any atom is 0.0393 e. The van der Waals surface area contributed by atoms with Gasteiger partial charge in [-0.3, -0.25) is 0 Å². The van der Waals surface area contributed by atoms with Crippen molar-refractivity contribution in [3.63, 3.8) is 0 Å². The molecule has 3 aliphatic carbocycles. The molecule has 0 radical (unpaired) electrons. The summed E-state index contributed by atoms with van der Waals surface area (Å²) in [6, 6.07) is 26.3. The molecule has 0 atom stereocenters. The molecular formula is C47H47N. The maximum absolute atomic E-state index is 6.65. The van der Waals surface area contributed by atoms with Gasteiger partial charge in [0.15, 0.2) is 0 Å². The third-order valence-electron chi connectivity index (χ3n) is 9.41. The van der Waals surface area contributed by atoms with E-state index in [0.717, 1.165) is 67.3 Å². The molecule has 0 bridgehead atoms. The molecule has 6 rings (SSSR count). The minimum absolute atomic E-state index is 0.771. The van der Waals surface area contributed by atoms with Crippen LogP contribution in [0, 0.1) is 0 Å². The Bertz CT molecular complexity index is 1930. The van der Waals surface area contributed by atoms with Gasteiger partial charge in [-0.25, -0.2) is 0 Å². The molecular weight excluding hydrogens is 579 g/mol. The zero-order chi connectivity index (χ0) is 33.1. The molecule has 0 saturated carbocycles. The Morgan fingerprint density at radius 2 is 1.40 bits per heavy atom. The third-order valence-corrected chi connectivity index (χ3v) is 9.41. The SMILES string of the molecule is C/C=C\C(=C/C)c1cc(C2=CC=C(C3=CCCC=C3)CC2)cc(-c2ccc(C(/C=C(\N)c3ccccc3)=C/CC3=CCCC=C3)cc2)c1. The Kier molecular flexibility index (Phi) is 11.0. The minimum Gasteiger partial charge on any atom is -0.398 e. The fourth-order valence-corrected chi connectivity index (χ4v) is 6.70. The van der Waals surface area contributed by atoms with E-state index in [0.29, 0.717) is 0 Å². The van der Waals surface area contributed by atoms with Crippen molar-refractivity contribution in [1.29, 1.82) is 0 Å². The summed E-state index contributed by atoms with van der Waals surface area (Å²) in [6.07, 6.45) is 37.1. The van der Waals surface area contributed by atoms with Gasteiger partial charge in [0, 0.05) is 5.70 Å². The number of benzene rings is 3. The second-order valence-electron chi connectivity index (χ2n) is 12.7. The molecule has 48 heavy (non-hydrogen) atoms. The molecule has 240 valence electrons. The van der Waals surface area contributed by atoms with Gasteiger partial charge < -0.3 is 5.73 Å². The van der Waals surface area contributed by atoms with Crippen LogP contribution in [0.3, 0.4) is 0 Å². The smallest absolute Gasteiger partial charge is 0.0393 e. The molecule has 0 unspecified atom stereocenters. The van der Waals surface area contributed by atoms with E-state index in [2.05, 4.69) is 147 Å². The van der Waals surface area contributed by atoms with E-state index in [1.165, 1.54) is 50.1 Å². The number of rotatable bonds is 10. The predicted molar refractivity (Wildman–Crippen MR) is 210 cm³/mol. The molecule has 3 aromatic carbocycles. The highest BCUT2D eigenvalue weighted by Gasteiger charge is 2.14. The zero-order valence-electron chi connectivity index (χ0n) is 28.5. The molecule has 0 fully saturated rings. The first-order chi connectivity index (χ1) is 23.6. The Balaban J connectivity index is 1.35. The summed E-state index contributed by atoms with van der Waals surface area (Å²) in [4.78, 5) is 0. The number of hydrogen-bond acceptors (Lipinski definition) is 1. The van der Waals surface area contributed by atoms with Crippen molar-refractivity contribution in [2.75, 3.05) is 0 Å². The Hall–Kier alpha value is -5.14. The van der Waals surface area contributed by atoms with Crippen LogP contribution in [0.1, 0.15) is 81.0 Å². The normalized spacial score (nSPS) is 17.2. The standard InChI is InChI=1S/C47H47N/c1-3-14-36(4-2)44-31-45(40-27-23-38(24-28-40)37-17-10-6-11-18-37)33-46(32-44)41-29-25-39(26-30-41)43(22-21-35-15-8-5-9-16-35)34-47(48)42-19-12-7-13-20-42/h3-4,7-8,10,12-20,22-23,25-27,29-34H,5-6,9,11,21,24,28,48H2,1-2H3/b14-3-,36-4+,43-22+,47-34-.